The maximum atomic E-state index is 6.89. The van der Waals surface area contributed by atoms with Gasteiger partial charge in [-0.15, -0.1) is 0 Å². The third-order valence-corrected chi connectivity index (χ3v) is 17.5. The van der Waals surface area contributed by atoms with Crippen molar-refractivity contribution in [3.63, 3.8) is 0 Å². The van der Waals surface area contributed by atoms with Crippen LogP contribution in [-0.4, -0.2) is 14.5 Å². The van der Waals surface area contributed by atoms with Crippen molar-refractivity contribution >= 4 is 49.4 Å². The number of hydrogen-bond acceptors (Lipinski definition) is 3. The van der Waals surface area contributed by atoms with E-state index >= 15 is 0 Å². The van der Waals surface area contributed by atoms with Crippen LogP contribution in [0.1, 0.15) is 76.4 Å². The lowest BCUT2D eigenvalue weighted by Crippen LogP contribution is -2.41. The van der Waals surface area contributed by atoms with Gasteiger partial charge in [0.25, 0.3) is 0 Å². The summed E-state index contributed by atoms with van der Waals surface area (Å²) in [5.74, 6) is 0. The topological polar surface area (TPSA) is 43.9 Å². The van der Waals surface area contributed by atoms with Gasteiger partial charge < -0.3 is 8.98 Å². The lowest BCUT2D eigenvalue weighted by molar-refractivity contribution is 0.561. The summed E-state index contributed by atoms with van der Waals surface area (Å²) in [5.41, 5.74) is 25.6. The van der Waals surface area contributed by atoms with Crippen LogP contribution in [0.5, 0.6) is 0 Å². The first-order chi connectivity index (χ1) is 36.3. The second-order valence-electron chi connectivity index (χ2n) is 21.2. The monoisotopic (exact) mass is 945 g/mol. The van der Waals surface area contributed by atoms with E-state index in [1.54, 1.807) is 0 Å². The summed E-state index contributed by atoms with van der Waals surface area (Å²) in [7, 11) is 0. The van der Waals surface area contributed by atoms with E-state index in [0.29, 0.717) is 0 Å². The van der Waals surface area contributed by atoms with Gasteiger partial charge in [-0.2, -0.15) is 0 Å². The highest BCUT2D eigenvalue weighted by Gasteiger charge is 2.58. The Balaban J connectivity index is 0.947. The van der Waals surface area contributed by atoms with Crippen LogP contribution >= 0.6 is 0 Å². The number of fused-ring (bicyclic) bond motifs is 26. The van der Waals surface area contributed by atoms with Crippen molar-refractivity contribution in [1.29, 1.82) is 0 Å². The van der Waals surface area contributed by atoms with Crippen molar-refractivity contribution in [3.8, 4) is 44.8 Å². The maximum absolute atomic E-state index is 6.89. The van der Waals surface area contributed by atoms with Gasteiger partial charge in [0.2, 0.25) is 0 Å². The van der Waals surface area contributed by atoms with Crippen molar-refractivity contribution < 1.29 is 4.42 Å². The molecule has 4 aromatic heterocycles. The Morgan fingerprint density at radius 3 is 1.88 bits per heavy atom. The Kier molecular flexibility index (Phi) is 8.14. The Morgan fingerprint density at radius 2 is 1.12 bits per heavy atom. The second kappa shape index (κ2) is 14.5. The van der Waals surface area contributed by atoms with Crippen LogP contribution in [0.4, 0.5) is 0 Å². The van der Waals surface area contributed by atoms with Gasteiger partial charge in [-0.3, -0.25) is 9.97 Å². The van der Waals surface area contributed by atoms with E-state index in [1.807, 2.05) is 30.6 Å². The number of benzene rings is 8. The molecule has 8 aromatic carbocycles. The molecular formula is C70H47N3O. The predicted octanol–water partition coefficient (Wildman–Crippen LogP) is 17.1. The lowest BCUT2D eigenvalue weighted by Gasteiger charge is -2.47. The molecule has 16 rings (SSSR count). The number of rotatable bonds is 4. The van der Waals surface area contributed by atoms with E-state index < -0.39 is 10.8 Å². The summed E-state index contributed by atoms with van der Waals surface area (Å²) in [4.78, 5) is 10.7. The van der Waals surface area contributed by atoms with Crippen molar-refractivity contribution in [3.05, 3.63) is 281 Å². The standard InChI is InChI=1S/C70H47N3O/c1-5-6-7-19-41(2)73-61-30-17-11-23-47(61)48-33-34-62-64(67(48)73)49-32-31-42(37-63(49)74-62)43-36-60-66(72-40-43)65-56(29-18-35-71-65)70(60)55-28-16-15-27-54(55)68(3,4)58-39-57-50(38-59(58)70)46-22-10-14-26-53(46)69(57)51-24-12-8-20-44(51)45-21-9-13-25-52(45)69/h5-40H,1H2,2-4H3/b7-6-,41-19+. The summed E-state index contributed by atoms with van der Waals surface area (Å²) in [6, 6.07) is 68.3. The fraction of sp³-hybridized carbons (Fsp3) is 0.0857. The van der Waals surface area contributed by atoms with Gasteiger partial charge in [0.05, 0.1) is 38.6 Å². The Hall–Kier alpha value is -9.12. The molecule has 1 unspecified atom stereocenters. The van der Waals surface area contributed by atoms with Crippen LogP contribution < -0.4 is 0 Å². The molecule has 4 heteroatoms. The number of hydrogen-bond donors (Lipinski definition) is 0. The number of furan rings is 1. The summed E-state index contributed by atoms with van der Waals surface area (Å²) < 4.78 is 9.26. The van der Waals surface area contributed by atoms with Gasteiger partial charge >= 0.3 is 0 Å². The van der Waals surface area contributed by atoms with E-state index in [-0.39, 0.29) is 5.41 Å². The molecule has 0 N–H and O–H groups in total. The highest BCUT2D eigenvalue weighted by atomic mass is 16.3. The van der Waals surface area contributed by atoms with Crippen LogP contribution in [0.2, 0.25) is 0 Å². The predicted molar refractivity (Wildman–Crippen MR) is 303 cm³/mol. The van der Waals surface area contributed by atoms with Gasteiger partial charge in [0.15, 0.2) is 0 Å². The summed E-state index contributed by atoms with van der Waals surface area (Å²) in [6.45, 7) is 10.9. The van der Waals surface area contributed by atoms with Crippen LogP contribution in [-0.2, 0) is 16.2 Å². The van der Waals surface area contributed by atoms with Crippen molar-refractivity contribution in [2.75, 3.05) is 0 Å². The molecule has 348 valence electrons. The lowest BCUT2D eigenvalue weighted by atomic mass is 9.55. The molecule has 0 fully saturated rings. The fourth-order valence-electron chi connectivity index (χ4n) is 14.5. The Bertz CT molecular complexity index is 4530. The molecule has 1 atom stereocenters. The molecular weight excluding hydrogens is 899 g/mol. The van der Waals surface area contributed by atoms with Crippen molar-refractivity contribution in [2.45, 2.75) is 37.0 Å². The van der Waals surface area contributed by atoms with E-state index in [4.69, 9.17) is 14.4 Å². The van der Waals surface area contributed by atoms with Gasteiger partial charge in [-0.1, -0.05) is 172 Å². The Labute approximate surface area is 428 Å². The highest BCUT2D eigenvalue weighted by molar-refractivity contribution is 6.25. The van der Waals surface area contributed by atoms with E-state index in [1.165, 1.54) is 77.5 Å². The van der Waals surface area contributed by atoms with Crippen molar-refractivity contribution in [2.24, 2.45) is 0 Å². The molecule has 0 bridgehead atoms. The normalized spacial score (nSPS) is 16.9. The van der Waals surface area contributed by atoms with Gasteiger partial charge in [0.1, 0.15) is 11.2 Å². The summed E-state index contributed by atoms with van der Waals surface area (Å²) in [6.07, 6.45) is 11.9. The zero-order valence-electron chi connectivity index (χ0n) is 41.2. The molecule has 0 radical (unpaired) electrons. The van der Waals surface area contributed by atoms with Gasteiger partial charge in [-0.25, -0.2) is 0 Å². The molecule has 4 nitrogen and oxygen atoms in total. The third kappa shape index (κ3) is 4.94. The van der Waals surface area contributed by atoms with Crippen LogP contribution in [0.3, 0.4) is 0 Å². The zero-order valence-corrected chi connectivity index (χ0v) is 41.2. The minimum Gasteiger partial charge on any atom is -0.456 e. The van der Waals surface area contributed by atoms with E-state index in [0.717, 1.165) is 72.3 Å². The highest BCUT2D eigenvalue weighted by Crippen LogP contribution is 2.67. The minimum absolute atomic E-state index is 0.351. The zero-order chi connectivity index (χ0) is 49.2. The quantitative estimate of drug-likeness (QED) is 0.165. The molecule has 0 aliphatic heterocycles. The van der Waals surface area contributed by atoms with Gasteiger partial charge in [-0.05, 0) is 139 Å². The molecule has 2 spiro atoms. The van der Waals surface area contributed by atoms with Crippen LogP contribution in [0.15, 0.2) is 230 Å². The molecule has 4 aliphatic rings. The number of para-hydroxylation sites is 1. The number of nitrogens with zero attached hydrogens (tertiary/aromatic N) is 3. The smallest absolute Gasteiger partial charge is 0.137 e. The first-order valence-corrected chi connectivity index (χ1v) is 25.8. The first-order valence-electron chi connectivity index (χ1n) is 25.8. The number of aromatic nitrogens is 3. The van der Waals surface area contributed by atoms with Crippen LogP contribution in [0, 0.1) is 0 Å². The molecule has 12 aromatic rings. The minimum atomic E-state index is -0.719. The SMILES string of the molecule is C=C/C=C\C=C(/C)n1c2ccccc2c2ccc3oc4cc(-c5cnc6c(c5)C5(c7ccccc7C(C)(C)c7cc8c(cc75)-c5ccccc5C85c7ccccc7-c7ccccc75)c5cccnc5-6)ccc4c3c21. The summed E-state index contributed by atoms with van der Waals surface area (Å²) in [5, 5.41) is 4.58. The molecule has 0 saturated heterocycles. The molecule has 0 amide bonds. The van der Waals surface area contributed by atoms with Crippen molar-refractivity contribution in [1.82, 2.24) is 14.5 Å². The average Bonchev–Trinajstić information content (AvgIpc) is 4.22. The van der Waals surface area contributed by atoms with Crippen LogP contribution in [0.25, 0.3) is 94.2 Å². The maximum Gasteiger partial charge on any atom is 0.137 e. The average molecular weight is 946 g/mol. The molecule has 74 heavy (non-hydrogen) atoms. The molecule has 4 aliphatic carbocycles. The Morgan fingerprint density at radius 1 is 0.486 bits per heavy atom. The number of pyridine rings is 2. The first kappa shape index (κ1) is 41.5. The van der Waals surface area contributed by atoms with E-state index in [9.17, 15) is 0 Å². The van der Waals surface area contributed by atoms with Gasteiger partial charge in [0, 0.05) is 50.8 Å². The number of allylic oxidation sites excluding steroid dienone is 5. The largest absolute Gasteiger partial charge is 0.456 e. The molecule has 0 saturated carbocycles. The fourth-order valence-corrected chi connectivity index (χ4v) is 14.5. The van der Waals surface area contributed by atoms with E-state index in [2.05, 4.69) is 220 Å². The second-order valence-corrected chi connectivity index (χ2v) is 21.2. The summed E-state index contributed by atoms with van der Waals surface area (Å²) >= 11 is 0. The third-order valence-electron chi connectivity index (χ3n) is 17.5. The molecule has 4 heterocycles.